The Kier molecular flexibility index (Phi) is 10.6. The Balaban J connectivity index is 2.17. The van der Waals surface area contributed by atoms with Crippen LogP contribution in [-0.2, 0) is 26.2 Å². The summed E-state index contributed by atoms with van der Waals surface area (Å²) in [7, 11) is 2.53. The zero-order valence-corrected chi connectivity index (χ0v) is 25.0. The average molecular weight is 604 g/mol. The molecule has 2 amide bonds. The first-order chi connectivity index (χ1) is 20.0. The Morgan fingerprint density at radius 2 is 1.48 bits per heavy atom. The maximum absolute atomic E-state index is 14.2. The molecule has 0 aromatic heterocycles. The minimum absolute atomic E-state index is 0.0225. The van der Waals surface area contributed by atoms with Gasteiger partial charge in [0.15, 0.2) is 11.5 Å². The summed E-state index contributed by atoms with van der Waals surface area (Å²) in [4.78, 5) is 27.6. The van der Waals surface area contributed by atoms with Crippen LogP contribution in [-0.4, -0.2) is 73.2 Å². The van der Waals surface area contributed by atoms with Gasteiger partial charge in [0.2, 0.25) is 11.8 Å². The van der Waals surface area contributed by atoms with E-state index in [-0.39, 0.29) is 28.6 Å². The van der Waals surface area contributed by atoms with Crippen LogP contribution < -0.4 is 28.6 Å². The van der Waals surface area contributed by atoms with E-state index in [4.69, 9.17) is 18.9 Å². The van der Waals surface area contributed by atoms with Gasteiger partial charge in [0.25, 0.3) is 10.0 Å². The quantitative estimate of drug-likeness (QED) is 0.316. The van der Waals surface area contributed by atoms with Crippen molar-refractivity contribution >= 4 is 27.5 Å². The second-order valence-electron chi connectivity index (χ2n) is 9.00. The number of anilines is 1. The predicted molar refractivity (Wildman–Crippen MR) is 154 cm³/mol. The van der Waals surface area contributed by atoms with E-state index in [2.05, 4.69) is 5.32 Å². The van der Waals surface area contributed by atoms with Gasteiger partial charge in [-0.05, 0) is 48.9 Å². The molecule has 226 valence electrons. The number of rotatable bonds is 13. The molecule has 1 atom stereocenters. The van der Waals surface area contributed by atoms with Gasteiger partial charge in [0.05, 0.1) is 39.0 Å². The largest absolute Gasteiger partial charge is 0.497 e. The summed E-state index contributed by atoms with van der Waals surface area (Å²) in [5.74, 6) is -0.711. The minimum Gasteiger partial charge on any atom is -0.497 e. The van der Waals surface area contributed by atoms with Crippen molar-refractivity contribution in [3.8, 4) is 23.0 Å². The summed E-state index contributed by atoms with van der Waals surface area (Å²) >= 11 is 0. The van der Waals surface area contributed by atoms with Gasteiger partial charge in [0.1, 0.15) is 29.9 Å². The third-order valence-electron chi connectivity index (χ3n) is 6.56. The molecule has 0 fully saturated rings. The first-order valence-corrected chi connectivity index (χ1v) is 14.2. The minimum atomic E-state index is -4.46. The maximum atomic E-state index is 14.2. The fraction of sp³-hybridized carbons (Fsp3) is 0.310. The highest BCUT2D eigenvalue weighted by Crippen LogP contribution is 2.37. The second-order valence-corrected chi connectivity index (χ2v) is 10.9. The van der Waals surface area contributed by atoms with E-state index in [1.807, 2.05) is 0 Å². The second kappa shape index (κ2) is 13.9. The molecule has 3 aromatic rings. The molecule has 42 heavy (non-hydrogen) atoms. The van der Waals surface area contributed by atoms with E-state index in [9.17, 15) is 22.4 Å². The van der Waals surface area contributed by atoms with Gasteiger partial charge < -0.3 is 29.2 Å². The van der Waals surface area contributed by atoms with E-state index >= 15 is 0 Å². The number of halogens is 1. The monoisotopic (exact) mass is 603 g/mol. The first kappa shape index (κ1) is 32.0. The lowest BCUT2D eigenvalue weighted by Gasteiger charge is -2.32. The lowest BCUT2D eigenvalue weighted by molar-refractivity contribution is -0.139. The zero-order valence-electron chi connectivity index (χ0n) is 24.2. The van der Waals surface area contributed by atoms with Crippen molar-refractivity contribution in [2.75, 3.05) is 46.3 Å². The third kappa shape index (κ3) is 7.03. The molecule has 0 heterocycles. The lowest BCUT2D eigenvalue weighted by Crippen LogP contribution is -2.50. The Bertz CT molecular complexity index is 1520. The predicted octanol–water partition coefficient (Wildman–Crippen LogP) is 3.22. The van der Waals surface area contributed by atoms with Gasteiger partial charge in [-0.3, -0.25) is 13.9 Å². The number of nitrogens with zero attached hydrogens (tertiary/aromatic N) is 2. The number of carbonyl (C=O) groups is 2. The molecule has 3 rings (SSSR count). The molecule has 0 unspecified atom stereocenters. The number of ether oxygens (including phenoxy) is 4. The summed E-state index contributed by atoms with van der Waals surface area (Å²) in [6.07, 6.45) is 0. The number of sulfonamides is 1. The van der Waals surface area contributed by atoms with Crippen LogP contribution in [0.4, 0.5) is 10.1 Å². The van der Waals surface area contributed by atoms with Crippen LogP contribution in [0.15, 0.2) is 65.6 Å². The number of nitrogens with one attached hydrogen (secondary N) is 1. The molecule has 1 N–H and O–H groups in total. The van der Waals surface area contributed by atoms with Gasteiger partial charge in [-0.1, -0.05) is 12.1 Å². The molecule has 3 aromatic carbocycles. The number of likely N-dealkylation sites (N-methyl/N-ethyl adjacent to an activating group) is 1. The van der Waals surface area contributed by atoms with Crippen LogP contribution in [0.2, 0.25) is 0 Å². The summed E-state index contributed by atoms with van der Waals surface area (Å²) in [6.45, 7) is 0.704. The zero-order chi connectivity index (χ0) is 31.0. The Morgan fingerprint density at radius 3 is 2.05 bits per heavy atom. The van der Waals surface area contributed by atoms with Crippen molar-refractivity contribution in [1.29, 1.82) is 0 Å². The third-order valence-corrected chi connectivity index (χ3v) is 8.31. The highest BCUT2D eigenvalue weighted by atomic mass is 32.2. The van der Waals surface area contributed by atoms with Gasteiger partial charge in [-0.15, -0.1) is 0 Å². The number of methoxy groups -OCH3 is 4. The molecule has 0 aliphatic rings. The van der Waals surface area contributed by atoms with E-state index in [1.165, 1.54) is 102 Å². The molecular weight excluding hydrogens is 569 g/mol. The summed E-state index contributed by atoms with van der Waals surface area (Å²) in [5, 5.41) is 2.51. The fourth-order valence-electron chi connectivity index (χ4n) is 4.19. The van der Waals surface area contributed by atoms with Crippen molar-refractivity contribution in [3.05, 3.63) is 72.0 Å². The molecule has 0 radical (unpaired) electrons. The summed E-state index contributed by atoms with van der Waals surface area (Å²) in [6, 6.07) is 13.0. The SMILES string of the molecule is CNC(=O)[C@@H](C)N(Cc1ccc(F)cc1)C(=O)CN(c1cc(OC)ccc1OC)S(=O)(=O)c1ccc(OC)c(OC)c1. The van der Waals surface area contributed by atoms with Crippen molar-refractivity contribution in [2.45, 2.75) is 24.4 Å². The number of carbonyl (C=O) groups excluding carboxylic acids is 2. The number of hydrogen-bond acceptors (Lipinski definition) is 8. The van der Waals surface area contributed by atoms with Crippen molar-refractivity contribution in [3.63, 3.8) is 0 Å². The molecular formula is C29H34FN3O8S. The standard InChI is InChI=1S/C29H34FN3O8S/c1-19(29(35)31-2)32(17-20-7-9-21(30)10-8-20)28(34)18-33(24-15-22(38-3)11-13-25(24)39-4)42(36,37)23-12-14-26(40-5)27(16-23)41-6/h7-16,19H,17-18H2,1-6H3,(H,31,35)/t19-/m1/s1. The smallest absolute Gasteiger partial charge is 0.265 e. The molecule has 0 saturated heterocycles. The highest BCUT2D eigenvalue weighted by molar-refractivity contribution is 7.92. The molecule has 13 heteroatoms. The van der Waals surface area contributed by atoms with E-state index in [0.717, 1.165) is 4.31 Å². The molecule has 11 nitrogen and oxygen atoms in total. The Morgan fingerprint density at radius 1 is 0.857 bits per heavy atom. The summed E-state index contributed by atoms with van der Waals surface area (Å²) in [5.41, 5.74) is 0.558. The highest BCUT2D eigenvalue weighted by Gasteiger charge is 2.34. The van der Waals surface area contributed by atoms with Crippen LogP contribution in [0.1, 0.15) is 12.5 Å². The normalized spacial score (nSPS) is 11.7. The molecule has 0 aliphatic carbocycles. The molecule has 0 bridgehead atoms. The van der Waals surface area contributed by atoms with E-state index < -0.39 is 40.2 Å². The average Bonchev–Trinajstić information content (AvgIpc) is 3.01. The lowest BCUT2D eigenvalue weighted by atomic mass is 10.1. The van der Waals surface area contributed by atoms with Gasteiger partial charge in [-0.25, -0.2) is 12.8 Å². The topological polar surface area (TPSA) is 124 Å². The number of benzene rings is 3. The van der Waals surface area contributed by atoms with Crippen molar-refractivity contribution in [1.82, 2.24) is 10.2 Å². The number of amides is 2. The summed E-state index contributed by atoms with van der Waals surface area (Å²) < 4.78 is 64.2. The Labute approximate surface area is 244 Å². The van der Waals surface area contributed by atoms with Gasteiger partial charge >= 0.3 is 0 Å². The molecule has 0 saturated carbocycles. The maximum Gasteiger partial charge on any atom is 0.265 e. The van der Waals surface area contributed by atoms with Crippen molar-refractivity contribution < 1.29 is 41.3 Å². The van der Waals surface area contributed by atoms with E-state index in [1.54, 1.807) is 6.07 Å². The first-order valence-electron chi connectivity index (χ1n) is 12.7. The fourth-order valence-corrected chi connectivity index (χ4v) is 5.62. The van der Waals surface area contributed by atoms with Crippen molar-refractivity contribution in [2.24, 2.45) is 0 Å². The number of hydrogen-bond donors (Lipinski definition) is 1. The van der Waals surface area contributed by atoms with Crippen LogP contribution >= 0.6 is 0 Å². The van der Waals surface area contributed by atoms with Crippen LogP contribution in [0, 0.1) is 5.82 Å². The molecule has 0 spiro atoms. The van der Waals surface area contributed by atoms with Crippen LogP contribution in [0.25, 0.3) is 0 Å². The van der Waals surface area contributed by atoms with Crippen LogP contribution in [0.5, 0.6) is 23.0 Å². The van der Waals surface area contributed by atoms with E-state index in [0.29, 0.717) is 17.1 Å². The Hall–Kier alpha value is -4.52. The molecule has 0 aliphatic heterocycles. The van der Waals surface area contributed by atoms with Gasteiger partial charge in [0, 0.05) is 25.7 Å². The van der Waals surface area contributed by atoms with Gasteiger partial charge in [-0.2, -0.15) is 0 Å². The van der Waals surface area contributed by atoms with Crippen LogP contribution in [0.3, 0.4) is 0 Å².